The number of rotatable bonds is 7. The molecule has 0 aromatic heterocycles. The molecule has 178 valence electrons. The SMILES string of the molecule is CS(=O)(=O)CCC(=O)NC1CCC(Oc2ccc3c(c2)CCC(c2ccccc2F)O3)CC1. The smallest absolute Gasteiger partial charge is 0.221 e. The van der Waals surface area contributed by atoms with Crippen LogP contribution in [-0.4, -0.2) is 38.5 Å². The molecule has 1 fully saturated rings. The molecule has 0 bridgehead atoms. The number of benzene rings is 2. The van der Waals surface area contributed by atoms with Gasteiger partial charge in [0.2, 0.25) is 5.91 Å². The summed E-state index contributed by atoms with van der Waals surface area (Å²) in [5.41, 5.74) is 1.65. The normalized spacial score (nSPS) is 22.7. The lowest BCUT2D eigenvalue weighted by Crippen LogP contribution is -2.40. The van der Waals surface area contributed by atoms with Crippen molar-refractivity contribution in [2.45, 2.75) is 63.2 Å². The van der Waals surface area contributed by atoms with Crippen molar-refractivity contribution < 1.29 is 27.1 Å². The zero-order chi connectivity index (χ0) is 23.4. The van der Waals surface area contributed by atoms with Crippen molar-refractivity contribution in [1.82, 2.24) is 5.32 Å². The standard InChI is InChI=1S/C25H30FNO5S/c1-33(29,30)15-14-25(28)27-18-7-9-19(10-8-18)31-20-11-13-23-17(16-20)6-12-24(32-23)21-4-2-3-5-22(21)26/h2-5,11,13,16,18-19,24H,6-10,12,14-15H2,1H3,(H,27,28). The number of carbonyl (C=O) groups excluding carboxylic acids is 1. The number of ether oxygens (including phenoxy) is 2. The number of aryl methyl sites for hydroxylation is 1. The number of carbonyl (C=O) groups is 1. The van der Waals surface area contributed by atoms with Gasteiger partial charge in [-0.3, -0.25) is 4.79 Å². The molecule has 1 unspecified atom stereocenters. The average molecular weight is 476 g/mol. The first-order valence-electron chi connectivity index (χ1n) is 11.4. The van der Waals surface area contributed by atoms with Crippen LogP contribution < -0.4 is 14.8 Å². The molecule has 33 heavy (non-hydrogen) atoms. The summed E-state index contributed by atoms with van der Waals surface area (Å²) in [4.78, 5) is 12.0. The first-order valence-corrected chi connectivity index (χ1v) is 13.5. The Morgan fingerprint density at radius 3 is 2.61 bits per heavy atom. The molecule has 1 amide bonds. The Morgan fingerprint density at radius 2 is 1.88 bits per heavy atom. The second-order valence-electron chi connectivity index (χ2n) is 8.98. The van der Waals surface area contributed by atoms with Crippen LogP contribution in [0.25, 0.3) is 0 Å². The first-order chi connectivity index (χ1) is 15.8. The highest BCUT2D eigenvalue weighted by Gasteiger charge is 2.26. The second kappa shape index (κ2) is 10.1. The molecule has 6 nitrogen and oxygen atoms in total. The lowest BCUT2D eigenvalue weighted by atomic mass is 9.92. The third-order valence-corrected chi connectivity index (χ3v) is 7.22. The largest absolute Gasteiger partial charge is 0.490 e. The maximum Gasteiger partial charge on any atom is 0.221 e. The molecular formula is C25H30FNO5S. The minimum Gasteiger partial charge on any atom is -0.490 e. The first kappa shape index (κ1) is 23.5. The van der Waals surface area contributed by atoms with Crippen LogP contribution in [0.4, 0.5) is 4.39 Å². The van der Waals surface area contributed by atoms with Crippen LogP contribution in [-0.2, 0) is 21.1 Å². The van der Waals surface area contributed by atoms with E-state index in [2.05, 4.69) is 5.32 Å². The number of fused-ring (bicyclic) bond motifs is 1. The average Bonchev–Trinajstić information content (AvgIpc) is 2.79. The van der Waals surface area contributed by atoms with Gasteiger partial charge in [-0.1, -0.05) is 18.2 Å². The fraction of sp³-hybridized carbons (Fsp3) is 0.480. The zero-order valence-electron chi connectivity index (χ0n) is 18.8. The van der Waals surface area contributed by atoms with E-state index in [4.69, 9.17) is 9.47 Å². The minimum absolute atomic E-state index is 0.00420. The number of sulfone groups is 1. The molecule has 8 heteroatoms. The summed E-state index contributed by atoms with van der Waals surface area (Å²) in [6.45, 7) is 0. The van der Waals surface area contributed by atoms with Gasteiger partial charge in [-0.15, -0.1) is 0 Å². The third-order valence-electron chi connectivity index (χ3n) is 6.27. The van der Waals surface area contributed by atoms with Crippen LogP contribution >= 0.6 is 0 Å². The maximum absolute atomic E-state index is 14.1. The third kappa shape index (κ3) is 6.47. The minimum atomic E-state index is -3.14. The van der Waals surface area contributed by atoms with E-state index in [1.807, 2.05) is 24.3 Å². The highest BCUT2D eigenvalue weighted by atomic mass is 32.2. The molecule has 2 aromatic rings. The van der Waals surface area contributed by atoms with Crippen LogP contribution in [0.5, 0.6) is 11.5 Å². The number of halogens is 1. The van der Waals surface area contributed by atoms with Crippen molar-refractivity contribution in [2.75, 3.05) is 12.0 Å². The molecule has 0 radical (unpaired) electrons. The van der Waals surface area contributed by atoms with E-state index in [9.17, 15) is 17.6 Å². The predicted molar refractivity (Wildman–Crippen MR) is 124 cm³/mol. The monoisotopic (exact) mass is 475 g/mol. The Hall–Kier alpha value is -2.61. The van der Waals surface area contributed by atoms with E-state index < -0.39 is 9.84 Å². The summed E-state index contributed by atoms with van der Waals surface area (Å²) < 4.78 is 48.8. The summed E-state index contributed by atoms with van der Waals surface area (Å²) in [6, 6.07) is 12.6. The van der Waals surface area contributed by atoms with Crippen LogP contribution in [0.2, 0.25) is 0 Å². The second-order valence-corrected chi connectivity index (χ2v) is 11.2. The molecule has 4 rings (SSSR count). The lowest BCUT2D eigenvalue weighted by Gasteiger charge is -2.30. The van der Waals surface area contributed by atoms with Crippen LogP contribution in [0.1, 0.15) is 55.8 Å². The van der Waals surface area contributed by atoms with Crippen LogP contribution in [0.3, 0.4) is 0 Å². The van der Waals surface area contributed by atoms with Crippen LogP contribution in [0.15, 0.2) is 42.5 Å². The topological polar surface area (TPSA) is 81.7 Å². The zero-order valence-corrected chi connectivity index (χ0v) is 19.6. The quantitative estimate of drug-likeness (QED) is 0.651. The van der Waals surface area contributed by atoms with Gasteiger partial charge in [-0.2, -0.15) is 0 Å². The van der Waals surface area contributed by atoms with Gasteiger partial charge >= 0.3 is 0 Å². The summed E-state index contributed by atoms with van der Waals surface area (Å²) in [5.74, 6) is 0.978. The van der Waals surface area contributed by atoms with Gasteiger partial charge in [0.15, 0.2) is 0 Å². The fourth-order valence-electron chi connectivity index (χ4n) is 4.49. The highest BCUT2D eigenvalue weighted by molar-refractivity contribution is 7.90. The van der Waals surface area contributed by atoms with Gasteiger partial charge in [0, 0.05) is 24.3 Å². The summed E-state index contributed by atoms with van der Waals surface area (Å²) in [7, 11) is -3.14. The fourth-order valence-corrected chi connectivity index (χ4v) is 5.05. The van der Waals surface area contributed by atoms with Crippen molar-refractivity contribution >= 4 is 15.7 Å². The molecule has 1 aliphatic heterocycles. The Bertz CT molecular complexity index is 1100. The number of hydrogen-bond donors (Lipinski definition) is 1. The van der Waals surface area contributed by atoms with Gasteiger partial charge in [0.1, 0.15) is 33.3 Å². The Kier molecular flexibility index (Phi) is 7.22. The van der Waals surface area contributed by atoms with Gasteiger partial charge in [0.25, 0.3) is 0 Å². The number of amides is 1. The number of hydrogen-bond acceptors (Lipinski definition) is 5. The molecular weight excluding hydrogens is 445 g/mol. The van der Waals surface area contributed by atoms with Gasteiger partial charge < -0.3 is 14.8 Å². The predicted octanol–water partition coefficient (Wildman–Crippen LogP) is 4.13. The van der Waals surface area contributed by atoms with Crippen molar-refractivity contribution in [3.05, 3.63) is 59.4 Å². The molecule has 1 N–H and O–H groups in total. The Labute approximate surface area is 194 Å². The van der Waals surface area contributed by atoms with Crippen molar-refractivity contribution in [3.63, 3.8) is 0 Å². The molecule has 1 heterocycles. The Balaban J connectivity index is 1.27. The van der Waals surface area contributed by atoms with Gasteiger partial charge in [-0.25, -0.2) is 12.8 Å². The van der Waals surface area contributed by atoms with E-state index in [0.29, 0.717) is 12.0 Å². The lowest BCUT2D eigenvalue weighted by molar-refractivity contribution is -0.121. The maximum atomic E-state index is 14.1. The van der Waals surface area contributed by atoms with Gasteiger partial charge in [-0.05, 0) is 68.4 Å². The van der Waals surface area contributed by atoms with Gasteiger partial charge in [0.05, 0.1) is 11.9 Å². The summed E-state index contributed by atoms with van der Waals surface area (Å²) >= 11 is 0. The molecule has 0 saturated heterocycles. The Morgan fingerprint density at radius 1 is 1.12 bits per heavy atom. The van der Waals surface area contributed by atoms with Crippen molar-refractivity contribution in [2.24, 2.45) is 0 Å². The van der Waals surface area contributed by atoms with E-state index in [1.165, 1.54) is 6.07 Å². The van der Waals surface area contributed by atoms with E-state index in [1.54, 1.807) is 12.1 Å². The van der Waals surface area contributed by atoms with Crippen molar-refractivity contribution in [3.8, 4) is 11.5 Å². The van der Waals surface area contributed by atoms with Crippen LogP contribution in [0, 0.1) is 5.82 Å². The van der Waals surface area contributed by atoms with E-state index in [0.717, 1.165) is 55.4 Å². The van der Waals surface area contributed by atoms with E-state index in [-0.39, 0.29) is 42.1 Å². The molecule has 2 aliphatic rings. The summed E-state index contributed by atoms with van der Waals surface area (Å²) in [6.07, 6.45) is 5.67. The molecule has 1 aliphatic carbocycles. The molecule has 1 saturated carbocycles. The summed E-state index contributed by atoms with van der Waals surface area (Å²) in [5, 5.41) is 2.94. The van der Waals surface area contributed by atoms with Crippen molar-refractivity contribution in [1.29, 1.82) is 0 Å². The van der Waals surface area contributed by atoms with E-state index >= 15 is 0 Å². The molecule has 2 aromatic carbocycles. The molecule has 1 atom stereocenters. The molecule has 0 spiro atoms. The number of nitrogens with one attached hydrogen (secondary N) is 1. The highest BCUT2D eigenvalue weighted by Crippen LogP contribution is 2.38.